The molecule has 0 bridgehead atoms. The van der Waals surface area contributed by atoms with E-state index in [4.69, 9.17) is 10.5 Å². The normalized spacial score (nSPS) is 18.1. The van der Waals surface area contributed by atoms with Crippen LogP contribution in [0.5, 0.6) is 0 Å². The molecule has 4 nitrogen and oxygen atoms in total. The van der Waals surface area contributed by atoms with Gasteiger partial charge in [0.25, 0.3) is 0 Å². The zero-order chi connectivity index (χ0) is 14.8. The van der Waals surface area contributed by atoms with Crippen molar-refractivity contribution in [1.82, 2.24) is 5.32 Å². The van der Waals surface area contributed by atoms with E-state index in [1.54, 1.807) is 0 Å². The summed E-state index contributed by atoms with van der Waals surface area (Å²) >= 11 is 4.17. The first-order valence-corrected chi connectivity index (χ1v) is 7.68. The summed E-state index contributed by atoms with van der Waals surface area (Å²) in [6.07, 6.45) is 2.55. The van der Waals surface area contributed by atoms with E-state index in [-0.39, 0.29) is 18.0 Å². The molecule has 0 aliphatic heterocycles. The Balaban J connectivity index is 4.30. The minimum Gasteiger partial charge on any atom is -0.368 e. The highest BCUT2D eigenvalue weighted by atomic mass is 32.1. The molecule has 0 heterocycles. The fraction of sp³-hybridized carbons (Fsp3) is 0.929. The molecular formula is C14H29N2O2S. The Hall–Kier alpha value is -0.100. The summed E-state index contributed by atoms with van der Waals surface area (Å²) in [5.74, 6) is 1.26. The van der Waals surface area contributed by atoms with Gasteiger partial charge in [0.15, 0.2) is 0 Å². The third-order valence-corrected chi connectivity index (χ3v) is 3.85. The summed E-state index contributed by atoms with van der Waals surface area (Å²) in [6.45, 7) is 9.44. The predicted molar refractivity (Wildman–Crippen MR) is 83.3 cm³/mol. The lowest BCUT2D eigenvalue weighted by Gasteiger charge is -2.27. The van der Waals surface area contributed by atoms with Crippen LogP contribution in [0, 0.1) is 11.8 Å². The topological polar surface area (TPSA) is 64.3 Å². The molecule has 0 unspecified atom stereocenters. The minimum absolute atomic E-state index is 0.0356. The maximum atomic E-state index is 10.8. The van der Waals surface area contributed by atoms with Crippen LogP contribution in [0.2, 0.25) is 0 Å². The van der Waals surface area contributed by atoms with E-state index in [0.29, 0.717) is 24.8 Å². The van der Waals surface area contributed by atoms with Crippen LogP contribution in [0.1, 0.15) is 34.1 Å². The largest absolute Gasteiger partial charge is 0.368 e. The van der Waals surface area contributed by atoms with Crippen LogP contribution in [-0.2, 0) is 9.53 Å². The number of rotatable bonds is 11. The van der Waals surface area contributed by atoms with E-state index in [2.05, 4.69) is 31.8 Å². The molecule has 0 amide bonds. The van der Waals surface area contributed by atoms with Gasteiger partial charge in [-0.2, -0.15) is 12.6 Å². The van der Waals surface area contributed by atoms with Gasteiger partial charge in [0.1, 0.15) is 6.10 Å². The van der Waals surface area contributed by atoms with Crippen molar-refractivity contribution in [2.45, 2.75) is 52.3 Å². The van der Waals surface area contributed by atoms with Crippen molar-refractivity contribution in [3.05, 3.63) is 0 Å². The molecular weight excluding hydrogens is 260 g/mol. The summed E-state index contributed by atoms with van der Waals surface area (Å²) in [7, 11) is 0. The number of thiol groups is 1. The summed E-state index contributed by atoms with van der Waals surface area (Å²) in [4.78, 5) is 10.8. The van der Waals surface area contributed by atoms with Crippen molar-refractivity contribution >= 4 is 18.9 Å². The van der Waals surface area contributed by atoms with Crippen molar-refractivity contribution in [2.75, 3.05) is 18.9 Å². The van der Waals surface area contributed by atoms with E-state index < -0.39 is 6.10 Å². The number of carbonyl (C=O) groups excluding carboxylic acids is 1. The lowest BCUT2D eigenvalue weighted by molar-refractivity contribution is 0.0401. The van der Waals surface area contributed by atoms with Gasteiger partial charge in [-0.1, -0.05) is 34.1 Å². The van der Waals surface area contributed by atoms with Crippen LogP contribution in [0.3, 0.4) is 0 Å². The van der Waals surface area contributed by atoms with Gasteiger partial charge in [-0.3, -0.25) is 4.79 Å². The van der Waals surface area contributed by atoms with Gasteiger partial charge in [-0.15, -0.1) is 0 Å². The smallest absolute Gasteiger partial charge is 0.230 e. The Morgan fingerprint density at radius 2 is 2.00 bits per heavy atom. The molecule has 0 aliphatic carbocycles. The van der Waals surface area contributed by atoms with E-state index in [0.717, 1.165) is 6.42 Å². The molecule has 0 spiro atoms. The average molecular weight is 289 g/mol. The van der Waals surface area contributed by atoms with Crippen LogP contribution >= 0.6 is 12.6 Å². The Morgan fingerprint density at radius 1 is 1.37 bits per heavy atom. The monoisotopic (exact) mass is 289 g/mol. The number of nitrogens with one attached hydrogen (secondary N) is 1. The molecule has 0 rings (SSSR count). The molecule has 19 heavy (non-hydrogen) atoms. The molecule has 0 aromatic heterocycles. The highest BCUT2D eigenvalue weighted by Crippen LogP contribution is 2.11. The Morgan fingerprint density at radius 3 is 2.42 bits per heavy atom. The van der Waals surface area contributed by atoms with Crippen molar-refractivity contribution < 1.29 is 9.53 Å². The third-order valence-electron chi connectivity index (χ3n) is 3.38. The Labute approximate surface area is 123 Å². The van der Waals surface area contributed by atoms with Gasteiger partial charge >= 0.3 is 0 Å². The van der Waals surface area contributed by atoms with Crippen LogP contribution in [0.4, 0.5) is 0 Å². The fourth-order valence-electron chi connectivity index (χ4n) is 1.65. The molecule has 0 fully saturated rings. The van der Waals surface area contributed by atoms with Gasteiger partial charge < -0.3 is 15.8 Å². The molecule has 1 radical (unpaired) electrons. The maximum Gasteiger partial charge on any atom is 0.230 e. The minimum atomic E-state index is -0.452. The number of hydrogen-bond donors (Lipinski definition) is 3. The second-order valence-electron chi connectivity index (χ2n) is 5.46. The van der Waals surface area contributed by atoms with Crippen molar-refractivity contribution in [3.8, 4) is 0 Å². The first-order valence-electron chi connectivity index (χ1n) is 7.05. The first-order chi connectivity index (χ1) is 8.96. The van der Waals surface area contributed by atoms with E-state index in [1.165, 1.54) is 0 Å². The lowest BCUT2D eigenvalue weighted by Crippen LogP contribution is -2.46. The number of ether oxygens (including phenoxy) is 1. The Kier molecular flexibility index (Phi) is 10.6. The molecule has 0 saturated carbocycles. The van der Waals surface area contributed by atoms with Gasteiger partial charge in [-0.25, -0.2) is 0 Å². The second kappa shape index (κ2) is 10.7. The lowest BCUT2D eigenvalue weighted by atomic mass is 9.99. The van der Waals surface area contributed by atoms with Crippen LogP contribution < -0.4 is 11.1 Å². The molecule has 0 aromatic carbocycles. The SMILES string of the molecule is CC[C@H](C)[C@@H](CO[C@H]([C]=O)C(C)C)NC[C@@H](N)CS. The van der Waals surface area contributed by atoms with Gasteiger partial charge in [0.05, 0.1) is 6.61 Å². The van der Waals surface area contributed by atoms with Gasteiger partial charge in [0.2, 0.25) is 6.29 Å². The van der Waals surface area contributed by atoms with E-state index in [1.807, 2.05) is 20.1 Å². The number of hydrogen-bond acceptors (Lipinski definition) is 5. The van der Waals surface area contributed by atoms with E-state index in [9.17, 15) is 4.79 Å². The zero-order valence-corrected chi connectivity index (χ0v) is 13.5. The highest BCUT2D eigenvalue weighted by Gasteiger charge is 2.20. The number of nitrogens with two attached hydrogens (primary N) is 1. The van der Waals surface area contributed by atoms with Crippen LogP contribution in [0.25, 0.3) is 0 Å². The van der Waals surface area contributed by atoms with Crippen LogP contribution in [-0.4, -0.2) is 43.4 Å². The maximum absolute atomic E-state index is 10.8. The zero-order valence-electron chi connectivity index (χ0n) is 12.6. The quantitative estimate of drug-likeness (QED) is 0.503. The highest BCUT2D eigenvalue weighted by molar-refractivity contribution is 7.80. The molecule has 113 valence electrons. The molecule has 0 saturated heterocycles. The van der Waals surface area contributed by atoms with Gasteiger partial charge in [-0.05, 0) is 11.8 Å². The standard InChI is InChI=1S/C14H29N2O2S/c1-5-11(4)13(16-6-12(15)9-19)8-18-14(7-17)10(2)3/h10-14,16,19H,5-6,8-9,15H2,1-4H3/t11-,12+,13+,14+/m0/s1. The van der Waals surface area contributed by atoms with Gasteiger partial charge in [0, 0.05) is 24.4 Å². The summed E-state index contributed by atoms with van der Waals surface area (Å²) in [6, 6.07) is 0.235. The molecule has 5 heteroatoms. The summed E-state index contributed by atoms with van der Waals surface area (Å²) in [5, 5.41) is 3.41. The molecule has 0 aliphatic rings. The summed E-state index contributed by atoms with van der Waals surface area (Å²) < 4.78 is 5.66. The second-order valence-corrected chi connectivity index (χ2v) is 5.82. The fourth-order valence-corrected chi connectivity index (χ4v) is 1.78. The van der Waals surface area contributed by atoms with Crippen molar-refractivity contribution in [1.29, 1.82) is 0 Å². The van der Waals surface area contributed by atoms with Crippen molar-refractivity contribution in [3.63, 3.8) is 0 Å². The molecule has 3 N–H and O–H groups in total. The summed E-state index contributed by atoms with van der Waals surface area (Å²) in [5.41, 5.74) is 5.85. The first kappa shape index (κ1) is 18.9. The Bertz CT molecular complexity index is 239. The predicted octanol–water partition coefficient (Wildman–Crippen LogP) is 1.40. The molecule has 0 aromatic rings. The van der Waals surface area contributed by atoms with Crippen LogP contribution in [0.15, 0.2) is 0 Å². The average Bonchev–Trinajstić information content (AvgIpc) is 2.40. The third kappa shape index (κ3) is 7.92. The molecule has 4 atom stereocenters. The van der Waals surface area contributed by atoms with Crippen molar-refractivity contribution in [2.24, 2.45) is 17.6 Å². The van der Waals surface area contributed by atoms with E-state index >= 15 is 0 Å².